The van der Waals surface area contributed by atoms with Crippen LogP contribution >= 0.6 is 0 Å². The molecule has 1 rings (SSSR count). The highest BCUT2D eigenvalue weighted by Crippen LogP contribution is 2.02. The molecule has 1 heterocycles. The molecule has 0 aromatic rings. The topological polar surface area (TPSA) is 130 Å². The van der Waals surface area contributed by atoms with Crippen LogP contribution in [0.25, 0.3) is 0 Å². The van der Waals surface area contributed by atoms with Crippen molar-refractivity contribution >= 4 is 17.8 Å². The number of hydrogen-bond acceptors (Lipinski definition) is 9. The molecule has 0 aromatic heterocycles. The van der Waals surface area contributed by atoms with Crippen LogP contribution in [-0.4, -0.2) is 114 Å². The summed E-state index contributed by atoms with van der Waals surface area (Å²) in [4.78, 5) is 33.9. The number of carboxylic acid groups (broad SMARTS) is 1. The van der Waals surface area contributed by atoms with E-state index in [0.717, 1.165) is 4.90 Å². The number of imide groups is 1. The number of amides is 2. The summed E-state index contributed by atoms with van der Waals surface area (Å²) in [5, 5.41) is 8.36. The molecule has 0 aliphatic carbocycles. The highest BCUT2D eigenvalue weighted by atomic mass is 16.6. The second-order valence-electron chi connectivity index (χ2n) is 5.67. The molecule has 0 aromatic carbocycles. The van der Waals surface area contributed by atoms with Gasteiger partial charge >= 0.3 is 5.97 Å². The number of carboxylic acids is 1. The molecular weight excluding hydrogens is 390 g/mol. The molecule has 0 bridgehead atoms. The Labute approximate surface area is 169 Å². The van der Waals surface area contributed by atoms with Gasteiger partial charge in [0.1, 0.15) is 6.61 Å². The molecule has 2 amide bonds. The average molecular weight is 419 g/mol. The molecule has 1 aliphatic rings. The fourth-order valence-electron chi connectivity index (χ4n) is 2.07. The molecule has 0 radical (unpaired) electrons. The third kappa shape index (κ3) is 13.8. The number of carbonyl (C=O) groups is 3. The first-order chi connectivity index (χ1) is 14.1. The molecule has 0 unspecified atom stereocenters. The van der Waals surface area contributed by atoms with Crippen LogP contribution in [0.15, 0.2) is 12.2 Å². The van der Waals surface area contributed by atoms with Crippen LogP contribution in [0.5, 0.6) is 0 Å². The van der Waals surface area contributed by atoms with E-state index in [1.54, 1.807) is 0 Å². The second-order valence-corrected chi connectivity index (χ2v) is 5.67. The molecule has 1 aliphatic heterocycles. The number of rotatable bonds is 20. The van der Waals surface area contributed by atoms with Crippen LogP contribution in [0.1, 0.15) is 0 Å². The zero-order valence-electron chi connectivity index (χ0n) is 16.4. The average Bonchev–Trinajstić information content (AvgIpc) is 3.01. The van der Waals surface area contributed by atoms with E-state index in [9.17, 15) is 14.4 Å². The van der Waals surface area contributed by atoms with Crippen LogP contribution in [0.3, 0.4) is 0 Å². The molecule has 0 saturated heterocycles. The van der Waals surface area contributed by atoms with Crippen molar-refractivity contribution in [3.63, 3.8) is 0 Å². The maximum atomic E-state index is 11.3. The van der Waals surface area contributed by atoms with Crippen LogP contribution in [0, 0.1) is 0 Å². The molecule has 0 spiro atoms. The maximum Gasteiger partial charge on any atom is 0.329 e. The largest absolute Gasteiger partial charge is 0.480 e. The summed E-state index contributed by atoms with van der Waals surface area (Å²) in [5.74, 6) is -1.63. The number of ether oxygens (including phenoxy) is 6. The first-order valence-corrected chi connectivity index (χ1v) is 9.33. The molecule has 11 nitrogen and oxygen atoms in total. The van der Waals surface area contributed by atoms with Gasteiger partial charge in [-0.25, -0.2) is 4.79 Å². The zero-order chi connectivity index (χ0) is 21.2. The minimum absolute atomic E-state index is 0.232. The van der Waals surface area contributed by atoms with Crippen molar-refractivity contribution in [3.05, 3.63) is 12.2 Å². The van der Waals surface area contributed by atoms with Crippen LogP contribution in [0.2, 0.25) is 0 Å². The lowest BCUT2D eigenvalue weighted by atomic mass is 10.5. The minimum Gasteiger partial charge on any atom is -0.480 e. The van der Waals surface area contributed by atoms with Gasteiger partial charge in [-0.2, -0.15) is 0 Å². The Kier molecular flexibility index (Phi) is 14.7. The van der Waals surface area contributed by atoms with Gasteiger partial charge in [0, 0.05) is 12.2 Å². The summed E-state index contributed by atoms with van der Waals surface area (Å²) in [7, 11) is 0. The second kappa shape index (κ2) is 17.0. The van der Waals surface area contributed by atoms with Crippen molar-refractivity contribution in [3.8, 4) is 0 Å². The summed E-state index contributed by atoms with van der Waals surface area (Å²) in [5.41, 5.74) is 0. The third-order valence-corrected chi connectivity index (χ3v) is 3.45. The fraction of sp³-hybridized carbons (Fsp3) is 0.722. The van der Waals surface area contributed by atoms with Crippen LogP contribution in [0.4, 0.5) is 0 Å². The smallest absolute Gasteiger partial charge is 0.329 e. The first kappa shape index (κ1) is 25.1. The summed E-state index contributed by atoms with van der Waals surface area (Å²) < 4.78 is 31.3. The monoisotopic (exact) mass is 419 g/mol. The standard InChI is InChI=1S/C18H29NO10/c20-16-1-2-17(21)19(16)3-4-24-5-6-25-7-8-26-9-10-27-11-12-28-13-14-29-15-18(22)23/h1-2H,3-15H2,(H,22,23). The van der Waals surface area contributed by atoms with E-state index >= 15 is 0 Å². The van der Waals surface area contributed by atoms with Gasteiger partial charge in [0.2, 0.25) is 0 Å². The van der Waals surface area contributed by atoms with Crippen molar-refractivity contribution in [2.45, 2.75) is 0 Å². The van der Waals surface area contributed by atoms with Crippen LogP contribution < -0.4 is 0 Å². The van der Waals surface area contributed by atoms with Gasteiger partial charge in [-0.1, -0.05) is 0 Å². The summed E-state index contributed by atoms with van der Waals surface area (Å²) in [6.07, 6.45) is 2.49. The highest BCUT2D eigenvalue weighted by Gasteiger charge is 2.22. The lowest BCUT2D eigenvalue weighted by molar-refractivity contribution is -0.143. The van der Waals surface area contributed by atoms with E-state index in [2.05, 4.69) is 0 Å². The van der Waals surface area contributed by atoms with Gasteiger partial charge in [0.05, 0.1) is 79.2 Å². The molecule has 0 saturated carbocycles. The predicted molar refractivity (Wildman–Crippen MR) is 98.4 cm³/mol. The van der Waals surface area contributed by atoms with E-state index < -0.39 is 5.97 Å². The van der Waals surface area contributed by atoms with Crippen molar-refractivity contribution < 1.29 is 47.9 Å². The number of hydrogen-bond donors (Lipinski definition) is 1. The Bertz CT molecular complexity index is 493. The van der Waals surface area contributed by atoms with Gasteiger partial charge in [0.15, 0.2) is 0 Å². The van der Waals surface area contributed by atoms with Crippen LogP contribution in [-0.2, 0) is 42.8 Å². The molecular formula is C18H29NO10. The molecule has 166 valence electrons. The summed E-state index contributed by atoms with van der Waals surface area (Å²) in [6, 6.07) is 0. The van der Waals surface area contributed by atoms with Crippen molar-refractivity contribution in [1.29, 1.82) is 0 Å². The number of aliphatic carboxylic acids is 1. The Morgan fingerprint density at radius 2 is 1.00 bits per heavy atom. The molecule has 1 N–H and O–H groups in total. The summed E-state index contributed by atoms with van der Waals surface area (Å²) in [6.45, 7) is 4.05. The quantitative estimate of drug-likeness (QED) is 0.196. The van der Waals surface area contributed by atoms with Gasteiger partial charge in [0.25, 0.3) is 11.8 Å². The minimum atomic E-state index is -1.00. The Hall–Kier alpha value is -1.89. The SMILES string of the molecule is O=C(O)COCCOCCOCCOCCOCCOCCN1C(=O)C=CC1=O. The van der Waals surface area contributed by atoms with E-state index in [1.807, 2.05) is 0 Å². The fourth-order valence-corrected chi connectivity index (χ4v) is 2.07. The van der Waals surface area contributed by atoms with E-state index in [0.29, 0.717) is 59.5 Å². The summed E-state index contributed by atoms with van der Waals surface area (Å²) >= 11 is 0. The van der Waals surface area contributed by atoms with E-state index in [-0.39, 0.29) is 38.2 Å². The lowest BCUT2D eigenvalue weighted by Gasteiger charge is -2.13. The van der Waals surface area contributed by atoms with Crippen molar-refractivity contribution in [2.75, 3.05) is 85.8 Å². The molecule has 0 fully saturated rings. The molecule has 29 heavy (non-hydrogen) atoms. The Balaban J connectivity index is 1.70. The van der Waals surface area contributed by atoms with Gasteiger partial charge in [-0.05, 0) is 0 Å². The van der Waals surface area contributed by atoms with Gasteiger partial charge in [-0.15, -0.1) is 0 Å². The predicted octanol–water partition coefficient (Wildman–Crippen LogP) is -0.904. The Morgan fingerprint density at radius 3 is 1.38 bits per heavy atom. The first-order valence-electron chi connectivity index (χ1n) is 9.33. The van der Waals surface area contributed by atoms with Gasteiger partial charge < -0.3 is 33.5 Å². The normalized spacial score (nSPS) is 13.6. The van der Waals surface area contributed by atoms with Crippen molar-refractivity contribution in [1.82, 2.24) is 4.90 Å². The number of nitrogens with zero attached hydrogens (tertiary/aromatic N) is 1. The number of carbonyl (C=O) groups excluding carboxylic acids is 2. The molecule has 0 atom stereocenters. The molecule has 11 heteroatoms. The van der Waals surface area contributed by atoms with E-state index in [4.69, 9.17) is 33.5 Å². The maximum absolute atomic E-state index is 11.3. The van der Waals surface area contributed by atoms with E-state index in [1.165, 1.54) is 12.2 Å². The highest BCUT2D eigenvalue weighted by molar-refractivity contribution is 6.12. The lowest BCUT2D eigenvalue weighted by Crippen LogP contribution is -2.33. The van der Waals surface area contributed by atoms with Gasteiger partial charge in [-0.3, -0.25) is 14.5 Å². The zero-order valence-corrected chi connectivity index (χ0v) is 16.4. The Morgan fingerprint density at radius 1 is 0.655 bits per heavy atom. The third-order valence-electron chi connectivity index (χ3n) is 3.45. The van der Waals surface area contributed by atoms with Crippen molar-refractivity contribution in [2.24, 2.45) is 0 Å².